The van der Waals surface area contributed by atoms with Gasteiger partial charge in [-0.05, 0) is 0 Å². The Balaban J connectivity index is 2.04. The second-order valence-electron chi connectivity index (χ2n) is 9.94. The van der Waals surface area contributed by atoms with Crippen molar-refractivity contribution < 1.29 is 4.57 Å². The van der Waals surface area contributed by atoms with Crippen molar-refractivity contribution in [1.82, 2.24) is 4.40 Å². The van der Waals surface area contributed by atoms with E-state index >= 15 is 0 Å². The summed E-state index contributed by atoms with van der Waals surface area (Å²) in [6, 6.07) is 18.7. The Hall–Kier alpha value is -2.59. The van der Waals surface area contributed by atoms with Crippen LogP contribution in [0, 0.1) is 13.8 Å². The van der Waals surface area contributed by atoms with Crippen LogP contribution in [0.25, 0.3) is 49.0 Å². The fraction of sp³-hybridized carbons (Fsp3) is 0.222. The van der Waals surface area contributed by atoms with Crippen molar-refractivity contribution in [2.75, 3.05) is 0 Å². The Morgan fingerprint density at radius 1 is 0.767 bits per heavy atom. The Kier molecular flexibility index (Phi) is 3.50. The van der Waals surface area contributed by atoms with E-state index in [-0.39, 0.29) is 0 Å². The molecule has 0 atom stereocenters. The third kappa shape index (κ3) is 2.18. The summed E-state index contributed by atoms with van der Waals surface area (Å²) in [7, 11) is 2.19. The van der Waals surface area contributed by atoms with Crippen LogP contribution in [0.3, 0.4) is 0 Å². The number of pyridine rings is 2. The van der Waals surface area contributed by atoms with Gasteiger partial charge in [0, 0.05) is 0 Å². The number of fused-ring (bicyclic) bond motifs is 5. The van der Waals surface area contributed by atoms with Crippen LogP contribution in [0.4, 0.5) is 0 Å². The first-order chi connectivity index (χ1) is 14.3. The van der Waals surface area contributed by atoms with Gasteiger partial charge in [-0.3, -0.25) is 0 Å². The molecule has 6 rings (SSSR count). The quantitative estimate of drug-likeness (QED) is 0.126. The second kappa shape index (κ2) is 5.76. The maximum atomic E-state index is 2.55. The number of aromatic nitrogens is 2. The molecule has 3 heteroatoms. The predicted octanol–water partition coefficient (Wildman–Crippen LogP) is 5.98. The molecule has 6 aromatic rings. The van der Waals surface area contributed by atoms with Gasteiger partial charge in [0.1, 0.15) is 0 Å². The molecule has 0 fully saturated rings. The molecule has 0 spiro atoms. The van der Waals surface area contributed by atoms with E-state index in [2.05, 4.69) is 102 Å². The summed E-state index contributed by atoms with van der Waals surface area (Å²) in [4.78, 5) is 0. The van der Waals surface area contributed by atoms with Gasteiger partial charge in [-0.2, -0.15) is 0 Å². The van der Waals surface area contributed by atoms with E-state index in [0.29, 0.717) is 0 Å². The van der Waals surface area contributed by atoms with Gasteiger partial charge in [-0.1, -0.05) is 0 Å². The summed E-state index contributed by atoms with van der Waals surface area (Å²) in [5, 5.41) is 6.87. The molecule has 0 saturated heterocycles. The molecular formula is C27H27GeN2+. The number of rotatable bonds is 1. The molecule has 0 radical (unpaired) electrons. The van der Waals surface area contributed by atoms with Crippen LogP contribution in [-0.2, 0) is 7.05 Å². The third-order valence-electron chi connectivity index (χ3n) is 6.94. The molecule has 0 bridgehead atoms. The standard InChI is InChI=1S/C27H27GeN2/c1-16-14-17(2)24-25-19(16)8-7-9-22(25)30-23-15-18(28(3,4)5)10-11-20(23)21-12-13-29(6)27(24)26(21)30/h7-15H,1-6H3/q+1. The molecular weight excluding hydrogens is 425 g/mol. The van der Waals surface area contributed by atoms with Crippen LogP contribution < -0.4 is 8.96 Å². The molecule has 0 aliphatic carbocycles. The molecule has 0 aliphatic rings. The average molecular weight is 452 g/mol. The fourth-order valence-electron chi connectivity index (χ4n) is 5.45. The predicted molar refractivity (Wildman–Crippen MR) is 132 cm³/mol. The number of hydrogen-bond acceptors (Lipinski definition) is 0. The van der Waals surface area contributed by atoms with Gasteiger partial charge in [0.15, 0.2) is 0 Å². The zero-order chi connectivity index (χ0) is 20.9. The number of hydrogen-bond donors (Lipinski definition) is 0. The van der Waals surface area contributed by atoms with E-state index in [1.807, 2.05) is 0 Å². The molecule has 3 heterocycles. The monoisotopic (exact) mass is 453 g/mol. The van der Waals surface area contributed by atoms with Crippen molar-refractivity contribution in [3.63, 3.8) is 0 Å². The Labute approximate surface area is 179 Å². The van der Waals surface area contributed by atoms with Gasteiger partial charge in [-0.25, -0.2) is 0 Å². The van der Waals surface area contributed by atoms with Crippen LogP contribution >= 0.6 is 0 Å². The molecule has 0 saturated carbocycles. The van der Waals surface area contributed by atoms with E-state index in [0.717, 1.165) is 0 Å². The van der Waals surface area contributed by atoms with Crippen molar-refractivity contribution in [3.8, 4) is 0 Å². The van der Waals surface area contributed by atoms with Gasteiger partial charge in [0.25, 0.3) is 0 Å². The first kappa shape index (κ1) is 18.2. The summed E-state index contributed by atoms with van der Waals surface area (Å²) in [5.74, 6) is 7.44. The zero-order valence-corrected chi connectivity index (χ0v) is 20.7. The minimum absolute atomic E-state index is 1.33. The molecule has 0 N–H and O–H groups in total. The molecule has 0 aliphatic heterocycles. The summed E-state index contributed by atoms with van der Waals surface area (Å²) in [6.45, 7) is 4.51. The van der Waals surface area contributed by atoms with Crippen LogP contribution in [0.1, 0.15) is 11.1 Å². The molecule has 30 heavy (non-hydrogen) atoms. The molecule has 3 aromatic heterocycles. The maximum absolute atomic E-state index is 2.55. The van der Waals surface area contributed by atoms with Crippen molar-refractivity contribution in [2.24, 2.45) is 7.05 Å². The van der Waals surface area contributed by atoms with E-state index in [1.165, 1.54) is 60.1 Å². The Morgan fingerprint density at radius 2 is 1.57 bits per heavy atom. The number of benzene rings is 3. The van der Waals surface area contributed by atoms with E-state index in [9.17, 15) is 0 Å². The average Bonchev–Trinajstić information content (AvgIpc) is 3.03. The van der Waals surface area contributed by atoms with Crippen molar-refractivity contribution in [3.05, 3.63) is 65.9 Å². The molecule has 148 valence electrons. The van der Waals surface area contributed by atoms with Gasteiger partial charge < -0.3 is 0 Å². The van der Waals surface area contributed by atoms with Crippen LogP contribution in [-0.4, -0.2) is 17.7 Å². The van der Waals surface area contributed by atoms with Gasteiger partial charge in [-0.15, -0.1) is 0 Å². The summed E-state index contributed by atoms with van der Waals surface area (Å²) in [5.41, 5.74) is 8.08. The van der Waals surface area contributed by atoms with Crippen molar-refractivity contribution in [2.45, 2.75) is 31.1 Å². The van der Waals surface area contributed by atoms with E-state index in [4.69, 9.17) is 0 Å². The molecule has 3 aromatic carbocycles. The van der Waals surface area contributed by atoms with E-state index in [1.54, 1.807) is 4.40 Å². The van der Waals surface area contributed by atoms with Gasteiger partial charge in [0.2, 0.25) is 0 Å². The Morgan fingerprint density at radius 3 is 2.33 bits per heavy atom. The molecule has 0 unspecified atom stereocenters. The molecule has 0 amide bonds. The summed E-state index contributed by atoms with van der Waals surface area (Å²) in [6.07, 6.45) is 2.23. The number of nitrogens with zero attached hydrogens (tertiary/aromatic N) is 2. The van der Waals surface area contributed by atoms with Crippen LogP contribution in [0.15, 0.2) is 54.7 Å². The van der Waals surface area contributed by atoms with Crippen molar-refractivity contribution in [1.29, 1.82) is 0 Å². The van der Waals surface area contributed by atoms with Crippen LogP contribution in [0.5, 0.6) is 0 Å². The van der Waals surface area contributed by atoms with E-state index < -0.39 is 13.3 Å². The first-order valence-electron chi connectivity index (χ1n) is 10.8. The normalized spacial score (nSPS) is 13.0. The van der Waals surface area contributed by atoms with Crippen LogP contribution in [0.2, 0.25) is 17.3 Å². The third-order valence-corrected chi connectivity index (χ3v) is 11.2. The van der Waals surface area contributed by atoms with Gasteiger partial charge >= 0.3 is 180 Å². The first-order valence-corrected chi connectivity index (χ1v) is 18.1. The topological polar surface area (TPSA) is 8.29 Å². The Bertz CT molecular complexity index is 1650. The fourth-order valence-corrected chi connectivity index (χ4v) is 7.87. The van der Waals surface area contributed by atoms with Crippen molar-refractivity contribution >= 4 is 66.7 Å². The second-order valence-corrected chi connectivity index (χ2v) is 20.6. The molecule has 2 nitrogen and oxygen atoms in total. The zero-order valence-electron chi connectivity index (χ0n) is 18.6. The SMILES string of the molecule is Cc1cc(C)c2c3c1cccc3n1c3c[c]([Ge]([CH3])([CH3])[CH3])ccc3c3cc[n+](C)c2c31. The summed E-state index contributed by atoms with van der Waals surface area (Å²) >= 11 is -1.95. The number of aryl methyl sites for hydroxylation is 3. The minimum atomic E-state index is -1.95. The van der Waals surface area contributed by atoms with Gasteiger partial charge in [0.05, 0.1) is 0 Å². The summed E-state index contributed by atoms with van der Waals surface area (Å²) < 4.78 is 6.42.